The van der Waals surface area contributed by atoms with E-state index in [1.54, 1.807) is 30.5 Å². The third-order valence-corrected chi connectivity index (χ3v) is 3.26. The predicted molar refractivity (Wildman–Crippen MR) is 94.6 cm³/mol. The molecule has 5 heteroatoms. The van der Waals surface area contributed by atoms with Gasteiger partial charge < -0.3 is 10.6 Å². The van der Waals surface area contributed by atoms with Gasteiger partial charge >= 0.3 is 0 Å². The summed E-state index contributed by atoms with van der Waals surface area (Å²) in [6.45, 7) is 6.04. The second kappa shape index (κ2) is 8.06. The van der Waals surface area contributed by atoms with Gasteiger partial charge in [0.15, 0.2) is 0 Å². The lowest BCUT2D eigenvalue weighted by Gasteiger charge is -2.07. The minimum absolute atomic E-state index is 0.120. The number of aromatic nitrogens is 1. The Morgan fingerprint density at radius 3 is 2.46 bits per heavy atom. The van der Waals surface area contributed by atoms with E-state index < -0.39 is 0 Å². The van der Waals surface area contributed by atoms with Crippen molar-refractivity contribution >= 4 is 17.5 Å². The highest BCUT2D eigenvalue weighted by Gasteiger charge is 2.06. The SMILES string of the molecule is CC(C)=CC(=O)NCc1ccc(C(=O)Nc2ccnc(C)c2)cc1. The number of hydrogen-bond acceptors (Lipinski definition) is 3. The van der Waals surface area contributed by atoms with Crippen molar-refractivity contribution < 1.29 is 9.59 Å². The van der Waals surface area contributed by atoms with Gasteiger partial charge in [0.2, 0.25) is 5.91 Å². The highest BCUT2D eigenvalue weighted by atomic mass is 16.2. The Balaban J connectivity index is 1.95. The van der Waals surface area contributed by atoms with Crippen LogP contribution < -0.4 is 10.6 Å². The van der Waals surface area contributed by atoms with E-state index in [9.17, 15) is 9.59 Å². The van der Waals surface area contributed by atoms with Crippen molar-refractivity contribution in [2.45, 2.75) is 27.3 Å². The first-order valence-corrected chi connectivity index (χ1v) is 7.70. The molecule has 0 aliphatic heterocycles. The minimum atomic E-state index is -0.180. The molecular formula is C19H21N3O2. The number of rotatable bonds is 5. The molecule has 0 fully saturated rings. The number of nitrogens with one attached hydrogen (secondary N) is 2. The van der Waals surface area contributed by atoms with Crippen molar-refractivity contribution in [3.63, 3.8) is 0 Å². The Hall–Kier alpha value is -2.95. The van der Waals surface area contributed by atoms with Gasteiger partial charge in [-0.3, -0.25) is 14.6 Å². The number of allylic oxidation sites excluding steroid dienone is 1. The third-order valence-electron chi connectivity index (χ3n) is 3.26. The van der Waals surface area contributed by atoms with Crippen molar-refractivity contribution in [3.8, 4) is 0 Å². The summed E-state index contributed by atoms with van der Waals surface area (Å²) in [5.41, 5.74) is 4.00. The van der Waals surface area contributed by atoms with E-state index in [2.05, 4.69) is 15.6 Å². The van der Waals surface area contributed by atoms with Crippen LogP contribution >= 0.6 is 0 Å². The molecule has 0 unspecified atom stereocenters. The van der Waals surface area contributed by atoms with Crippen molar-refractivity contribution in [2.75, 3.05) is 5.32 Å². The maximum absolute atomic E-state index is 12.2. The Labute approximate surface area is 141 Å². The molecule has 0 bridgehead atoms. The number of carbonyl (C=O) groups excluding carboxylic acids is 2. The summed E-state index contributed by atoms with van der Waals surface area (Å²) in [7, 11) is 0. The van der Waals surface area contributed by atoms with Gasteiger partial charge in [0.05, 0.1) is 0 Å². The monoisotopic (exact) mass is 323 g/mol. The number of carbonyl (C=O) groups is 2. The zero-order valence-corrected chi connectivity index (χ0v) is 14.1. The molecule has 24 heavy (non-hydrogen) atoms. The quantitative estimate of drug-likeness (QED) is 0.830. The van der Waals surface area contributed by atoms with Crippen molar-refractivity contribution in [2.24, 2.45) is 0 Å². The molecule has 1 aromatic carbocycles. The van der Waals surface area contributed by atoms with Gasteiger partial charge in [0.1, 0.15) is 0 Å². The Kier molecular flexibility index (Phi) is 5.84. The van der Waals surface area contributed by atoms with E-state index >= 15 is 0 Å². The third kappa shape index (κ3) is 5.35. The molecule has 124 valence electrons. The summed E-state index contributed by atoms with van der Waals surface area (Å²) in [6, 6.07) is 10.7. The van der Waals surface area contributed by atoms with Crippen LogP contribution in [0.1, 0.15) is 35.5 Å². The fourth-order valence-electron chi connectivity index (χ4n) is 2.10. The van der Waals surface area contributed by atoms with E-state index in [0.29, 0.717) is 17.8 Å². The molecule has 0 spiro atoms. The van der Waals surface area contributed by atoms with Crippen LogP contribution in [0.15, 0.2) is 54.2 Å². The number of anilines is 1. The highest BCUT2D eigenvalue weighted by molar-refractivity contribution is 6.04. The number of hydrogen-bond donors (Lipinski definition) is 2. The van der Waals surface area contributed by atoms with Crippen LogP contribution in [0.4, 0.5) is 5.69 Å². The average Bonchev–Trinajstić information content (AvgIpc) is 2.53. The zero-order chi connectivity index (χ0) is 17.5. The van der Waals surface area contributed by atoms with Crippen molar-refractivity contribution in [1.82, 2.24) is 10.3 Å². The summed E-state index contributed by atoms with van der Waals surface area (Å²) in [4.78, 5) is 27.9. The fraction of sp³-hybridized carbons (Fsp3) is 0.211. The fourth-order valence-corrected chi connectivity index (χ4v) is 2.10. The number of nitrogens with zero attached hydrogens (tertiary/aromatic N) is 1. The maximum Gasteiger partial charge on any atom is 0.255 e. The molecule has 2 amide bonds. The van der Waals surface area contributed by atoms with Crippen LogP contribution in [-0.4, -0.2) is 16.8 Å². The maximum atomic E-state index is 12.2. The van der Waals surface area contributed by atoms with E-state index in [1.165, 1.54) is 0 Å². The van der Waals surface area contributed by atoms with Crippen LogP contribution in [0, 0.1) is 6.92 Å². The van der Waals surface area contributed by atoms with Crippen LogP contribution in [0.3, 0.4) is 0 Å². The molecule has 0 saturated carbocycles. The van der Waals surface area contributed by atoms with Gasteiger partial charge in [-0.1, -0.05) is 17.7 Å². The molecule has 0 atom stereocenters. The standard InChI is InChI=1S/C19H21N3O2/c1-13(2)10-18(23)21-12-15-4-6-16(7-5-15)19(24)22-17-8-9-20-14(3)11-17/h4-11H,12H2,1-3H3,(H,21,23)(H,20,22,24). The first-order valence-electron chi connectivity index (χ1n) is 7.70. The van der Waals surface area contributed by atoms with Crippen LogP contribution in [0.5, 0.6) is 0 Å². The largest absolute Gasteiger partial charge is 0.348 e. The molecule has 1 heterocycles. The van der Waals surface area contributed by atoms with Crippen LogP contribution in [0.25, 0.3) is 0 Å². The second-order valence-electron chi connectivity index (χ2n) is 5.78. The van der Waals surface area contributed by atoms with E-state index in [1.807, 2.05) is 39.0 Å². The van der Waals surface area contributed by atoms with Gasteiger partial charge in [-0.2, -0.15) is 0 Å². The van der Waals surface area contributed by atoms with Crippen LogP contribution in [0.2, 0.25) is 0 Å². The highest BCUT2D eigenvalue weighted by Crippen LogP contribution is 2.11. The first kappa shape index (κ1) is 17.4. The van der Waals surface area contributed by atoms with Gasteiger partial charge in [0.25, 0.3) is 5.91 Å². The minimum Gasteiger partial charge on any atom is -0.348 e. The molecule has 0 aliphatic rings. The average molecular weight is 323 g/mol. The van der Waals surface area contributed by atoms with Gasteiger partial charge in [-0.15, -0.1) is 0 Å². The topological polar surface area (TPSA) is 71.1 Å². The predicted octanol–water partition coefficient (Wildman–Crippen LogP) is 3.22. The number of pyridine rings is 1. The van der Waals surface area contributed by atoms with Crippen molar-refractivity contribution in [3.05, 3.63) is 71.1 Å². The summed E-state index contributed by atoms with van der Waals surface area (Å²) >= 11 is 0. The molecule has 2 N–H and O–H groups in total. The number of aryl methyl sites for hydroxylation is 1. The molecule has 2 rings (SSSR count). The summed E-state index contributed by atoms with van der Waals surface area (Å²) in [5, 5.41) is 5.64. The number of benzene rings is 1. The van der Waals surface area contributed by atoms with Crippen molar-refractivity contribution in [1.29, 1.82) is 0 Å². The summed E-state index contributed by atoms with van der Waals surface area (Å²) in [5.74, 6) is -0.300. The molecule has 5 nitrogen and oxygen atoms in total. The molecule has 1 aromatic heterocycles. The normalized spacial score (nSPS) is 9.96. The smallest absolute Gasteiger partial charge is 0.255 e. The molecule has 0 radical (unpaired) electrons. The van der Waals surface area contributed by atoms with Gasteiger partial charge in [0, 0.05) is 35.8 Å². The lowest BCUT2D eigenvalue weighted by molar-refractivity contribution is -0.116. The summed E-state index contributed by atoms with van der Waals surface area (Å²) in [6.07, 6.45) is 3.21. The summed E-state index contributed by atoms with van der Waals surface area (Å²) < 4.78 is 0. The second-order valence-corrected chi connectivity index (χ2v) is 5.78. The number of amides is 2. The Morgan fingerprint density at radius 2 is 1.83 bits per heavy atom. The van der Waals surface area contributed by atoms with Gasteiger partial charge in [-0.05, 0) is 50.6 Å². The van der Waals surface area contributed by atoms with E-state index in [4.69, 9.17) is 0 Å². The van der Waals surface area contributed by atoms with Crippen LogP contribution in [-0.2, 0) is 11.3 Å². The Morgan fingerprint density at radius 1 is 1.12 bits per heavy atom. The molecule has 2 aromatic rings. The van der Waals surface area contributed by atoms with E-state index in [0.717, 1.165) is 16.8 Å². The lowest BCUT2D eigenvalue weighted by atomic mass is 10.1. The molecular weight excluding hydrogens is 302 g/mol. The zero-order valence-electron chi connectivity index (χ0n) is 14.1. The van der Waals surface area contributed by atoms with E-state index in [-0.39, 0.29) is 11.8 Å². The van der Waals surface area contributed by atoms with Gasteiger partial charge in [-0.25, -0.2) is 0 Å². The molecule has 0 saturated heterocycles. The lowest BCUT2D eigenvalue weighted by Crippen LogP contribution is -2.20. The molecule has 0 aliphatic carbocycles. The first-order chi connectivity index (χ1) is 11.4. The Bertz CT molecular complexity index is 760.